The van der Waals surface area contributed by atoms with E-state index in [9.17, 15) is 4.79 Å². The number of aryl methyl sites for hydroxylation is 2. The zero-order chi connectivity index (χ0) is 19.2. The molecule has 0 radical (unpaired) electrons. The van der Waals surface area contributed by atoms with E-state index in [0.29, 0.717) is 23.9 Å². The molecule has 0 saturated carbocycles. The van der Waals surface area contributed by atoms with Gasteiger partial charge in [-0.1, -0.05) is 6.07 Å². The summed E-state index contributed by atoms with van der Waals surface area (Å²) in [5.74, 6) is 0.828. The van der Waals surface area contributed by atoms with Crippen molar-refractivity contribution in [2.75, 3.05) is 17.2 Å². The number of hydrogen-bond donors (Lipinski definition) is 2. The van der Waals surface area contributed by atoms with Crippen LogP contribution >= 0.6 is 0 Å². The molecule has 0 amide bonds. The van der Waals surface area contributed by atoms with Crippen LogP contribution in [0, 0.1) is 13.8 Å². The summed E-state index contributed by atoms with van der Waals surface area (Å²) in [5, 5.41) is 6.43. The lowest BCUT2D eigenvalue weighted by atomic mass is 10.1. The van der Waals surface area contributed by atoms with Gasteiger partial charge in [0.1, 0.15) is 5.82 Å². The molecule has 138 valence electrons. The lowest BCUT2D eigenvalue weighted by Gasteiger charge is -2.10. The van der Waals surface area contributed by atoms with E-state index in [1.165, 1.54) is 11.1 Å². The Balaban J connectivity index is 1.71. The first kappa shape index (κ1) is 18.4. The van der Waals surface area contributed by atoms with Gasteiger partial charge in [-0.3, -0.25) is 0 Å². The molecule has 0 saturated heterocycles. The summed E-state index contributed by atoms with van der Waals surface area (Å²) >= 11 is 0. The highest BCUT2D eigenvalue weighted by atomic mass is 16.5. The summed E-state index contributed by atoms with van der Waals surface area (Å²) in [4.78, 5) is 20.4. The van der Waals surface area contributed by atoms with Crippen LogP contribution in [0.1, 0.15) is 28.4 Å². The maximum atomic E-state index is 11.7. The Morgan fingerprint density at radius 3 is 2.33 bits per heavy atom. The van der Waals surface area contributed by atoms with Crippen LogP contribution in [0.2, 0.25) is 0 Å². The maximum Gasteiger partial charge on any atom is 0.338 e. The normalized spacial score (nSPS) is 10.3. The van der Waals surface area contributed by atoms with Gasteiger partial charge in [0, 0.05) is 17.6 Å². The second kappa shape index (κ2) is 8.31. The molecule has 3 aromatic rings. The van der Waals surface area contributed by atoms with Gasteiger partial charge in [0.15, 0.2) is 0 Å². The van der Waals surface area contributed by atoms with E-state index >= 15 is 0 Å². The molecule has 0 atom stereocenters. The van der Waals surface area contributed by atoms with Crippen molar-refractivity contribution in [2.45, 2.75) is 20.8 Å². The summed E-state index contributed by atoms with van der Waals surface area (Å²) in [6.45, 7) is 6.26. The number of aromatic nitrogens is 2. The Hall–Kier alpha value is -3.41. The SMILES string of the molecule is CCOC(=O)c1ccc(Nc2nccc(Nc3cc(C)cc(C)c3)n2)cc1. The van der Waals surface area contributed by atoms with Crippen molar-refractivity contribution in [3.05, 3.63) is 71.4 Å². The summed E-state index contributed by atoms with van der Waals surface area (Å²) < 4.78 is 4.98. The number of carbonyl (C=O) groups excluding carboxylic acids is 1. The smallest absolute Gasteiger partial charge is 0.338 e. The van der Waals surface area contributed by atoms with Crippen LogP contribution in [0.5, 0.6) is 0 Å². The molecule has 2 aromatic carbocycles. The summed E-state index contributed by atoms with van der Waals surface area (Å²) in [6, 6.07) is 15.1. The van der Waals surface area contributed by atoms with Crippen molar-refractivity contribution in [1.82, 2.24) is 9.97 Å². The number of nitrogens with one attached hydrogen (secondary N) is 2. The van der Waals surface area contributed by atoms with Crippen molar-refractivity contribution < 1.29 is 9.53 Å². The van der Waals surface area contributed by atoms with Crippen LogP contribution in [-0.2, 0) is 4.74 Å². The Morgan fingerprint density at radius 1 is 0.963 bits per heavy atom. The van der Waals surface area contributed by atoms with Crippen LogP contribution in [0.15, 0.2) is 54.7 Å². The van der Waals surface area contributed by atoms with Gasteiger partial charge in [-0.15, -0.1) is 0 Å². The van der Waals surface area contributed by atoms with Crippen molar-refractivity contribution in [2.24, 2.45) is 0 Å². The lowest BCUT2D eigenvalue weighted by Crippen LogP contribution is -2.05. The Labute approximate surface area is 158 Å². The fourth-order valence-electron chi connectivity index (χ4n) is 2.72. The van der Waals surface area contributed by atoms with Crippen LogP contribution in [-0.4, -0.2) is 22.5 Å². The Bertz CT molecular complexity index is 919. The number of benzene rings is 2. The number of ether oxygens (including phenoxy) is 1. The first-order chi connectivity index (χ1) is 13.0. The number of esters is 1. The molecule has 6 nitrogen and oxygen atoms in total. The number of rotatable bonds is 6. The number of nitrogens with zero attached hydrogens (tertiary/aromatic N) is 2. The van der Waals surface area contributed by atoms with Gasteiger partial charge in [0.2, 0.25) is 5.95 Å². The van der Waals surface area contributed by atoms with Crippen molar-refractivity contribution >= 4 is 29.1 Å². The molecule has 0 aliphatic carbocycles. The molecule has 3 rings (SSSR count). The van der Waals surface area contributed by atoms with Crippen molar-refractivity contribution in [1.29, 1.82) is 0 Å². The Morgan fingerprint density at radius 2 is 1.67 bits per heavy atom. The molecule has 0 fully saturated rings. The van der Waals surface area contributed by atoms with Crippen LogP contribution < -0.4 is 10.6 Å². The van der Waals surface area contributed by atoms with E-state index in [-0.39, 0.29) is 5.97 Å². The van der Waals surface area contributed by atoms with Crippen LogP contribution in [0.4, 0.5) is 23.1 Å². The Kier molecular flexibility index (Phi) is 5.66. The zero-order valence-electron chi connectivity index (χ0n) is 15.6. The summed E-state index contributed by atoms with van der Waals surface area (Å²) in [6.07, 6.45) is 1.69. The number of carbonyl (C=O) groups is 1. The fourth-order valence-corrected chi connectivity index (χ4v) is 2.72. The zero-order valence-corrected chi connectivity index (χ0v) is 15.6. The van der Waals surface area contributed by atoms with Crippen LogP contribution in [0.3, 0.4) is 0 Å². The minimum atomic E-state index is -0.333. The van der Waals surface area contributed by atoms with E-state index in [2.05, 4.69) is 52.6 Å². The van der Waals surface area contributed by atoms with Gasteiger partial charge in [0.05, 0.1) is 12.2 Å². The fraction of sp³-hybridized carbons (Fsp3) is 0.190. The average molecular weight is 362 g/mol. The highest BCUT2D eigenvalue weighted by molar-refractivity contribution is 5.89. The first-order valence-corrected chi connectivity index (χ1v) is 8.76. The second-order valence-corrected chi connectivity index (χ2v) is 6.19. The monoisotopic (exact) mass is 362 g/mol. The van der Waals surface area contributed by atoms with E-state index in [1.54, 1.807) is 37.4 Å². The van der Waals surface area contributed by atoms with Gasteiger partial charge in [-0.05, 0) is 74.4 Å². The largest absolute Gasteiger partial charge is 0.462 e. The third kappa shape index (κ3) is 5.04. The van der Waals surface area contributed by atoms with E-state index in [1.807, 2.05) is 6.07 Å². The predicted octanol–water partition coefficient (Wildman–Crippen LogP) is 4.76. The predicted molar refractivity (Wildman–Crippen MR) is 107 cm³/mol. The molecule has 1 heterocycles. The van der Waals surface area contributed by atoms with Gasteiger partial charge >= 0.3 is 5.97 Å². The molecule has 0 unspecified atom stereocenters. The molecular formula is C21H22N4O2. The minimum Gasteiger partial charge on any atom is -0.462 e. The highest BCUT2D eigenvalue weighted by Gasteiger charge is 2.06. The van der Waals surface area contributed by atoms with Crippen molar-refractivity contribution in [3.63, 3.8) is 0 Å². The van der Waals surface area contributed by atoms with Gasteiger partial charge in [0.25, 0.3) is 0 Å². The quantitative estimate of drug-likeness (QED) is 0.616. The summed E-state index contributed by atoms with van der Waals surface area (Å²) in [5.41, 5.74) is 4.65. The maximum absolute atomic E-state index is 11.7. The van der Waals surface area contributed by atoms with E-state index in [0.717, 1.165) is 11.4 Å². The molecular weight excluding hydrogens is 340 g/mol. The molecule has 1 aromatic heterocycles. The number of anilines is 4. The van der Waals surface area contributed by atoms with Gasteiger partial charge in [-0.25, -0.2) is 9.78 Å². The van der Waals surface area contributed by atoms with Crippen LogP contribution in [0.25, 0.3) is 0 Å². The minimum absolute atomic E-state index is 0.333. The third-order valence-corrected chi connectivity index (χ3v) is 3.80. The molecule has 27 heavy (non-hydrogen) atoms. The average Bonchev–Trinajstić information content (AvgIpc) is 2.62. The first-order valence-electron chi connectivity index (χ1n) is 8.76. The standard InChI is InChI=1S/C21H22N4O2/c1-4-27-20(26)16-5-7-17(8-6-16)24-21-22-10-9-19(25-21)23-18-12-14(2)11-15(3)13-18/h5-13H,4H2,1-3H3,(H2,22,23,24,25). The second-order valence-electron chi connectivity index (χ2n) is 6.19. The lowest BCUT2D eigenvalue weighted by molar-refractivity contribution is 0.0526. The molecule has 2 N–H and O–H groups in total. The number of hydrogen-bond acceptors (Lipinski definition) is 6. The van der Waals surface area contributed by atoms with Gasteiger partial charge < -0.3 is 15.4 Å². The molecule has 0 spiro atoms. The highest BCUT2D eigenvalue weighted by Crippen LogP contribution is 2.20. The molecule has 0 aliphatic rings. The molecule has 0 bridgehead atoms. The van der Waals surface area contributed by atoms with Crippen molar-refractivity contribution in [3.8, 4) is 0 Å². The topological polar surface area (TPSA) is 76.1 Å². The molecule has 0 aliphatic heterocycles. The summed E-state index contributed by atoms with van der Waals surface area (Å²) in [7, 11) is 0. The third-order valence-electron chi connectivity index (χ3n) is 3.80. The van der Waals surface area contributed by atoms with E-state index < -0.39 is 0 Å². The molecule has 6 heteroatoms. The van der Waals surface area contributed by atoms with E-state index in [4.69, 9.17) is 4.74 Å². The van der Waals surface area contributed by atoms with Gasteiger partial charge in [-0.2, -0.15) is 4.98 Å².